The number of benzene rings is 3. The summed E-state index contributed by atoms with van der Waals surface area (Å²) >= 11 is 6.28. The van der Waals surface area contributed by atoms with Crippen LogP contribution >= 0.6 is 11.6 Å². The summed E-state index contributed by atoms with van der Waals surface area (Å²) < 4.78 is 68.9. The van der Waals surface area contributed by atoms with E-state index < -0.39 is 46.8 Å². The van der Waals surface area contributed by atoms with Gasteiger partial charge in [-0.25, -0.2) is 8.78 Å². The zero-order valence-electron chi connectivity index (χ0n) is 18.7. The second kappa shape index (κ2) is 8.44. The van der Waals surface area contributed by atoms with Crippen LogP contribution in [-0.2, 0) is 13.2 Å². The first-order valence-electron chi connectivity index (χ1n) is 10.6. The summed E-state index contributed by atoms with van der Waals surface area (Å²) in [4.78, 5) is 26.1. The number of halogens is 6. The molecule has 190 valence electrons. The summed E-state index contributed by atoms with van der Waals surface area (Å²) in [6.07, 6.45) is -4.89. The van der Waals surface area contributed by atoms with Crippen LogP contribution < -0.4 is 16.4 Å². The molecule has 0 aliphatic carbocycles. The zero-order chi connectivity index (χ0) is 26.8. The molecule has 1 aliphatic rings. The van der Waals surface area contributed by atoms with E-state index in [0.29, 0.717) is 12.1 Å². The lowest BCUT2D eigenvalue weighted by Crippen LogP contribution is -2.21. The van der Waals surface area contributed by atoms with Crippen molar-refractivity contribution in [2.45, 2.75) is 12.2 Å². The molecule has 37 heavy (non-hydrogen) atoms. The van der Waals surface area contributed by atoms with Gasteiger partial charge in [0.1, 0.15) is 23.0 Å². The molecule has 0 radical (unpaired) electrons. The third-order valence-corrected chi connectivity index (χ3v) is 6.35. The largest absolute Gasteiger partial charge is 0.416 e. The summed E-state index contributed by atoms with van der Waals surface area (Å²) in [6, 6.07) is 5.26. The zero-order valence-corrected chi connectivity index (χ0v) is 19.4. The number of hydrogen-bond donors (Lipinski definition) is 3. The van der Waals surface area contributed by atoms with Gasteiger partial charge < -0.3 is 16.4 Å². The highest BCUT2D eigenvalue weighted by Gasteiger charge is 2.38. The van der Waals surface area contributed by atoms with Gasteiger partial charge in [0.05, 0.1) is 17.2 Å². The minimum absolute atomic E-state index is 0.0145. The van der Waals surface area contributed by atoms with E-state index in [0.717, 1.165) is 12.1 Å². The Morgan fingerprint density at radius 2 is 1.86 bits per heavy atom. The van der Waals surface area contributed by atoms with E-state index in [1.807, 2.05) is 0 Å². The molecule has 1 atom stereocenters. The summed E-state index contributed by atoms with van der Waals surface area (Å²) in [5.41, 5.74) is 4.59. The van der Waals surface area contributed by atoms with Crippen LogP contribution in [0.25, 0.3) is 10.9 Å². The quantitative estimate of drug-likeness (QED) is 0.314. The number of nitrogens with two attached hydrogens (primary N) is 1. The van der Waals surface area contributed by atoms with Crippen LogP contribution in [0.5, 0.6) is 0 Å². The fraction of sp³-hybridized carbons (Fsp3) is 0.125. The fourth-order valence-electron chi connectivity index (χ4n) is 4.32. The van der Waals surface area contributed by atoms with E-state index in [4.69, 9.17) is 17.3 Å². The highest BCUT2D eigenvalue weighted by molar-refractivity contribution is 6.31. The lowest BCUT2D eigenvalue weighted by molar-refractivity contribution is -0.137. The normalized spacial score (nSPS) is 15.1. The highest BCUT2D eigenvalue weighted by Crippen LogP contribution is 2.43. The first kappa shape index (κ1) is 24.5. The Morgan fingerprint density at radius 1 is 1.14 bits per heavy atom. The predicted molar refractivity (Wildman–Crippen MR) is 125 cm³/mol. The van der Waals surface area contributed by atoms with Crippen LogP contribution in [0.4, 0.5) is 33.5 Å². The Labute approximate surface area is 210 Å². The molecule has 0 bridgehead atoms. The number of hydrogen-bond acceptors (Lipinski definition) is 4. The Morgan fingerprint density at radius 3 is 2.57 bits per heavy atom. The molecule has 1 aromatic heterocycles. The molecule has 0 fully saturated rings. The number of carbonyl (C=O) groups excluding carboxylic acids is 2. The number of aromatic nitrogens is 2. The maximum atomic E-state index is 14.1. The first-order valence-corrected chi connectivity index (χ1v) is 11.0. The van der Waals surface area contributed by atoms with Gasteiger partial charge in [0.2, 0.25) is 0 Å². The van der Waals surface area contributed by atoms with E-state index in [2.05, 4.69) is 15.7 Å². The van der Waals surface area contributed by atoms with Crippen molar-refractivity contribution in [3.8, 4) is 0 Å². The van der Waals surface area contributed by atoms with E-state index in [9.17, 15) is 31.5 Å². The Bertz CT molecular complexity index is 1630. The standard InChI is InChI=1S/C24H15ClF5N5O2/c1-35-21(31)14-8-16(32-22(36)9-4-10(24(28,29)30)6-12(27)5-9)17-18(20(14)34-35)23(37)33-19(17)13-7-11(26)2-3-15(13)25/h2-8,19H,31H2,1H3,(H,32,36)(H,33,37). The van der Waals surface area contributed by atoms with E-state index in [-0.39, 0.29) is 50.2 Å². The first-order chi connectivity index (χ1) is 17.3. The van der Waals surface area contributed by atoms with Gasteiger partial charge in [-0.3, -0.25) is 14.3 Å². The lowest BCUT2D eigenvalue weighted by Gasteiger charge is -2.18. The Kier molecular flexibility index (Phi) is 5.59. The van der Waals surface area contributed by atoms with Crippen LogP contribution in [0.2, 0.25) is 5.02 Å². The molecule has 3 aromatic carbocycles. The number of nitrogens with zero attached hydrogens (tertiary/aromatic N) is 2. The third-order valence-electron chi connectivity index (χ3n) is 6.01. The summed E-state index contributed by atoms with van der Waals surface area (Å²) in [6.45, 7) is 0. The van der Waals surface area contributed by atoms with Gasteiger partial charge in [-0.15, -0.1) is 0 Å². The minimum atomic E-state index is -4.89. The maximum Gasteiger partial charge on any atom is 0.416 e. The van der Waals surface area contributed by atoms with Crippen molar-refractivity contribution in [2.24, 2.45) is 7.05 Å². The predicted octanol–water partition coefficient (Wildman–Crippen LogP) is 5.19. The number of amides is 2. The smallest absolute Gasteiger partial charge is 0.383 e. The second-order valence-corrected chi connectivity index (χ2v) is 8.78. The van der Waals surface area contributed by atoms with Gasteiger partial charge >= 0.3 is 6.18 Å². The fourth-order valence-corrected chi connectivity index (χ4v) is 4.55. The van der Waals surface area contributed by atoms with Crippen molar-refractivity contribution in [2.75, 3.05) is 11.1 Å². The molecule has 2 amide bonds. The van der Waals surface area contributed by atoms with Gasteiger partial charge in [0, 0.05) is 39.8 Å². The van der Waals surface area contributed by atoms with Gasteiger partial charge in [-0.2, -0.15) is 18.3 Å². The van der Waals surface area contributed by atoms with Gasteiger partial charge in [0.15, 0.2) is 0 Å². The minimum Gasteiger partial charge on any atom is -0.383 e. The third kappa shape index (κ3) is 4.12. The average molecular weight is 536 g/mol. The molecule has 0 saturated heterocycles. The van der Waals surface area contributed by atoms with Crippen molar-refractivity contribution in [3.05, 3.63) is 86.9 Å². The number of nitrogen functional groups attached to an aromatic ring is 1. The molecule has 1 aliphatic heterocycles. The molecule has 0 saturated carbocycles. The van der Waals surface area contributed by atoms with Crippen LogP contribution in [-0.4, -0.2) is 21.6 Å². The van der Waals surface area contributed by atoms with Crippen molar-refractivity contribution in [1.82, 2.24) is 15.1 Å². The average Bonchev–Trinajstić information content (AvgIpc) is 3.31. The van der Waals surface area contributed by atoms with Gasteiger partial charge in [-0.05, 0) is 42.5 Å². The lowest BCUT2D eigenvalue weighted by atomic mass is 9.94. The van der Waals surface area contributed by atoms with Crippen molar-refractivity contribution >= 4 is 45.8 Å². The van der Waals surface area contributed by atoms with E-state index >= 15 is 0 Å². The second-order valence-electron chi connectivity index (χ2n) is 8.37. The number of anilines is 2. The number of rotatable bonds is 3. The number of fused-ring (bicyclic) bond motifs is 3. The molecule has 5 rings (SSSR count). The molecule has 13 heteroatoms. The number of carbonyl (C=O) groups is 2. The number of nitrogens with one attached hydrogen (secondary N) is 2. The topological polar surface area (TPSA) is 102 Å². The van der Waals surface area contributed by atoms with Crippen LogP contribution in [0, 0.1) is 11.6 Å². The van der Waals surface area contributed by atoms with Crippen molar-refractivity contribution < 1.29 is 31.5 Å². The summed E-state index contributed by atoms with van der Waals surface area (Å²) in [5, 5.41) is 9.78. The molecule has 0 spiro atoms. The Balaban J connectivity index is 1.70. The SMILES string of the molecule is Cn1nc2c3c(c(NC(=O)c4cc(F)cc(C(F)(F)F)c4)cc2c1N)C(c1cc(F)ccc1Cl)NC3=O. The monoisotopic (exact) mass is 535 g/mol. The molecule has 1 unspecified atom stereocenters. The van der Waals surface area contributed by atoms with Gasteiger partial charge in [0.25, 0.3) is 11.8 Å². The molecular formula is C24H15ClF5N5O2. The van der Waals surface area contributed by atoms with Crippen LogP contribution in [0.1, 0.15) is 43.4 Å². The van der Waals surface area contributed by atoms with Crippen molar-refractivity contribution in [3.63, 3.8) is 0 Å². The molecule has 2 heterocycles. The molecular weight excluding hydrogens is 521 g/mol. The summed E-state index contributed by atoms with van der Waals surface area (Å²) in [5.74, 6) is -3.48. The summed E-state index contributed by atoms with van der Waals surface area (Å²) in [7, 11) is 1.53. The maximum absolute atomic E-state index is 14.1. The number of alkyl halides is 3. The molecule has 4 aromatic rings. The Hall–Kier alpha value is -4.19. The van der Waals surface area contributed by atoms with E-state index in [1.54, 1.807) is 0 Å². The number of aryl methyl sites for hydroxylation is 1. The molecule has 4 N–H and O–H groups in total. The van der Waals surface area contributed by atoms with Crippen molar-refractivity contribution in [1.29, 1.82) is 0 Å². The van der Waals surface area contributed by atoms with Crippen LogP contribution in [0.15, 0.2) is 42.5 Å². The molecule has 7 nitrogen and oxygen atoms in total. The highest BCUT2D eigenvalue weighted by atomic mass is 35.5. The van der Waals surface area contributed by atoms with Crippen LogP contribution in [0.3, 0.4) is 0 Å². The van der Waals surface area contributed by atoms with Gasteiger partial charge in [-0.1, -0.05) is 11.6 Å². The van der Waals surface area contributed by atoms with E-state index in [1.165, 1.54) is 23.9 Å².